The van der Waals surface area contributed by atoms with Crippen LogP contribution in [0.15, 0.2) is 83.8 Å². The molecule has 0 amide bonds. The number of aromatic hydroxyl groups is 1. The molecule has 0 aliphatic carbocycles. The Morgan fingerprint density at radius 2 is 1.46 bits per heavy atom. The first kappa shape index (κ1) is 18.3. The summed E-state index contributed by atoms with van der Waals surface area (Å²) in [5.41, 5.74) is 0.126. The number of hydrogen-bond acceptors (Lipinski definition) is 4. The summed E-state index contributed by atoms with van der Waals surface area (Å²) < 4.78 is 27.6. The predicted molar refractivity (Wildman–Crippen MR) is 108 cm³/mol. The number of para-hydroxylation sites is 1. The number of nitrogens with zero attached hydrogens (tertiary/aromatic N) is 1. The van der Waals surface area contributed by atoms with Crippen LogP contribution in [0, 0.1) is 0 Å². The Balaban J connectivity index is 2.04. The Hall–Kier alpha value is -3.09. The van der Waals surface area contributed by atoms with Crippen LogP contribution in [0.1, 0.15) is 16.1 Å². The topological polar surface area (TPSA) is 76.4 Å². The molecule has 0 saturated carbocycles. The van der Waals surface area contributed by atoms with Gasteiger partial charge in [0.25, 0.3) is 10.0 Å². The van der Waals surface area contributed by atoms with Crippen molar-refractivity contribution in [1.29, 1.82) is 0 Å². The molecule has 3 aromatic carbocycles. The van der Waals surface area contributed by atoms with Crippen LogP contribution in [0.5, 0.6) is 5.75 Å². The molecule has 0 aliphatic rings. The lowest BCUT2D eigenvalue weighted by Crippen LogP contribution is -2.19. The summed E-state index contributed by atoms with van der Waals surface area (Å²) in [6, 6.07) is 20.2. The van der Waals surface area contributed by atoms with Gasteiger partial charge >= 0.3 is 0 Å². The van der Waals surface area contributed by atoms with E-state index in [1.807, 2.05) is 0 Å². The quantitative estimate of drug-likeness (QED) is 0.503. The Kier molecular flexibility index (Phi) is 4.45. The minimum atomic E-state index is -4.13. The van der Waals surface area contributed by atoms with Crippen LogP contribution in [-0.2, 0) is 10.0 Å². The number of benzene rings is 3. The maximum Gasteiger partial charge on any atom is 0.268 e. The van der Waals surface area contributed by atoms with E-state index in [1.165, 1.54) is 36.4 Å². The van der Waals surface area contributed by atoms with Gasteiger partial charge in [0.05, 0.1) is 10.4 Å². The molecule has 1 aromatic heterocycles. The van der Waals surface area contributed by atoms with E-state index in [0.717, 1.165) is 3.97 Å². The molecule has 1 heterocycles. The molecule has 5 nitrogen and oxygen atoms in total. The SMILES string of the molecule is O=C(c1ccc(Cl)cc1)c1c(O)c2ccccc2n1S(=O)(=O)c1ccccc1. The van der Waals surface area contributed by atoms with Gasteiger partial charge in [0.15, 0.2) is 5.75 Å². The Bertz CT molecular complexity index is 1290. The summed E-state index contributed by atoms with van der Waals surface area (Å²) >= 11 is 5.88. The van der Waals surface area contributed by atoms with Gasteiger partial charge in [0, 0.05) is 16.0 Å². The Labute approximate surface area is 166 Å². The van der Waals surface area contributed by atoms with Gasteiger partial charge in [0.2, 0.25) is 5.78 Å². The fraction of sp³-hybridized carbons (Fsp3) is 0. The van der Waals surface area contributed by atoms with E-state index >= 15 is 0 Å². The summed E-state index contributed by atoms with van der Waals surface area (Å²) in [5.74, 6) is -1.00. The molecule has 0 aliphatic heterocycles. The average molecular weight is 412 g/mol. The van der Waals surface area contributed by atoms with E-state index in [-0.39, 0.29) is 32.8 Å². The highest BCUT2D eigenvalue weighted by molar-refractivity contribution is 7.90. The molecule has 4 aromatic rings. The second kappa shape index (κ2) is 6.82. The summed E-state index contributed by atoms with van der Waals surface area (Å²) in [7, 11) is -4.13. The van der Waals surface area contributed by atoms with Crippen molar-refractivity contribution in [2.75, 3.05) is 0 Å². The first-order valence-electron chi connectivity index (χ1n) is 8.34. The third-order valence-electron chi connectivity index (χ3n) is 4.41. The zero-order valence-electron chi connectivity index (χ0n) is 14.4. The largest absolute Gasteiger partial charge is 0.505 e. The molecule has 0 spiro atoms. The molecular formula is C21H14ClNO4S. The molecule has 0 saturated heterocycles. The highest BCUT2D eigenvalue weighted by atomic mass is 35.5. The van der Waals surface area contributed by atoms with Crippen molar-refractivity contribution in [3.8, 4) is 5.75 Å². The van der Waals surface area contributed by atoms with Gasteiger partial charge in [-0.2, -0.15) is 0 Å². The standard InChI is InChI=1S/C21H14ClNO4S/c22-15-12-10-14(11-13-15)20(24)19-21(25)17-8-4-5-9-18(17)23(19)28(26,27)16-6-2-1-3-7-16/h1-13,25H. The second-order valence-electron chi connectivity index (χ2n) is 6.13. The van der Waals surface area contributed by atoms with Gasteiger partial charge in [-0.3, -0.25) is 4.79 Å². The zero-order chi connectivity index (χ0) is 19.9. The lowest BCUT2D eigenvalue weighted by molar-refractivity contribution is 0.103. The van der Waals surface area contributed by atoms with E-state index in [4.69, 9.17) is 11.6 Å². The first-order valence-corrected chi connectivity index (χ1v) is 10.2. The van der Waals surface area contributed by atoms with E-state index < -0.39 is 15.8 Å². The second-order valence-corrected chi connectivity index (χ2v) is 8.36. The van der Waals surface area contributed by atoms with Crippen LogP contribution in [-0.4, -0.2) is 23.3 Å². The summed E-state index contributed by atoms with van der Waals surface area (Å²) in [5, 5.41) is 11.5. The lowest BCUT2D eigenvalue weighted by atomic mass is 10.1. The summed E-state index contributed by atoms with van der Waals surface area (Å²) in [4.78, 5) is 13.2. The maximum atomic E-state index is 13.4. The number of aromatic nitrogens is 1. The van der Waals surface area contributed by atoms with Gasteiger partial charge < -0.3 is 5.11 Å². The van der Waals surface area contributed by atoms with Crippen molar-refractivity contribution in [1.82, 2.24) is 3.97 Å². The van der Waals surface area contributed by atoms with Gasteiger partial charge in [-0.15, -0.1) is 0 Å². The molecule has 28 heavy (non-hydrogen) atoms. The Morgan fingerprint density at radius 3 is 2.14 bits per heavy atom. The predicted octanol–water partition coefficient (Wildman–Crippen LogP) is 4.47. The van der Waals surface area contributed by atoms with Crippen LogP contribution in [0.2, 0.25) is 5.02 Å². The van der Waals surface area contributed by atoms with Crippen LogP contribution >= 0.6 is 11.6 Å². The van der Waals surface area contributed by atoms with Gasteiger partial charge in [-0.05, 0) is 48.5 Å². The third-order valence-corrected chi connectivity index (χ3v) is 6.39. The van der Waals surface area contributed by atoms with Crippen molar-refractivity contribution in [2.45, 2.75) is 4.90 Å². The summed E-state index contributed by atoms with van der Waals surface area (Å²) in [6.07, 6.45) is 0. The molecule has 4 rings (SSSR count). The molecule has 0 radical (unpaired) electrons. The van der Waals surface area contributed by atoms with Crippen molar-refractivity contribution in [3.05, 3.63) is 95.1 Å². The van der Waals surface area contributed by atoms with Crippen LogP contribution in [0.4, 0.5) is 0 Å². The number of fused-ring (bicyclic) bond motifs is 1. The molecule has 0 unspecified atom stereocenters. The van der Waals surface area contributed by atoms with Crippen molar-refractivity contribution in [3.63, 3.8) is 0 Å². The van der Waals surface area contributed by atoms with Gasteiger partial charge in [-0.25, -0.2) is 12.4 Å². The average Bonchev–Trinajstić information content (AvgIpc) is 3.02. The van der Waals surface area contributed by atoms with E-state index in [1.54, 1.807) is 42.5 Å². The molecule has 7 heteroatoms. The van der Waals surface area contributed by atoms with Crippen molar-refractivity contribution < 1.29 is 18.3 Å². The number of carbonyl (C=O) groups is 1. The van der Waals surface area contributed by atoms with Gasteiger partial charge in [-0.1, -0.05) is 41.9 Å². The highest BCUT2D eigenvalue weighted by Crippen LogP contribution is 2.36. The third kappa shape index (κ3) is 2.87. The van der Waals surface area contributed by atoms with E-state index in [0.29, 0.717) is 5.02 Å². The van der Waals surface area contributed by atoms with Crippen LogP contribution in [0.25, 0.3) is 10.9 Å². The molecule has 0 atom stereocenters. The fourth-order valence-corrected chi connectivity index (χ4v) is 4.75. The first-order chi connectivity index (χ1) is 13.4. The molecule has 140 valence electrons. The Morgan fingerprint density at radius 1 is 0.857 bits per heavy atom. The number of ketones is 1. The van der Waals surface area contributed by atoms with E-state index in [9.17, 15) is 18.3 Å². The maximum absolute atomic E-state index is 13.4. The zero-order valence-corrected chi connectivity index (χ0v) is 16.0. The fourth-order valence-electron chi connectivity index (χ4n) is 3.08. The minimum absolute atomic E-state index is 0.0147. The van der Waals surface area contributed by atoms with Crippen molar-refractivity contribution in [2.24, 2.45) is 0 Å². The van der Waals surface area contributed by atoms with Crippen LogP contribution < -0.4 is 0 Å². The molecule has 0 fully saturated rings. The monoisotopic (exact) mass is 411 g/mol. The minimum Gasteiger partial charge on any atom is -0.505 e. The molecule has 1 N–H and O–H groups in total. The smallest absolute Gasteiger partial charge is 0.268 e. The van der Waals surface area contributed by atoms with Gasteiger partial charge in [0.1, 0.15) is 5.69 Å². The summed E-state index contributed by atoms with van der Waals surface area (Å²) in [6.45, 7) is 0. The van der Waals surface area contributed by atoms with Crippen LogP contribution in [0.3, 0.4) is 0 Å². The normalized spacial score (nSPS) is 11.6. The number of hydrogen-bond donors (Lipinski definition) is 1. The number of carbonyl (C=O) groups excluding carboxylic acids is 1. The molecular weight excluding hydrogens is 398 g/mol. The van der Waals surface area contributed by atoms with E-state index in [2.05, 4.69) is 0 Å². The lowest BCUT2D eigenvalue weighted by Gasteiger charge is -2.11. The number of rotatable bonds is 4. The van der Waals surface area contributed by atoms with Crippen molar-refractivity contribution >= 4 is 38.3 Å². The molecule has 0 bridgehead atoms. The number of halogens is 1. The highest BCUT2D eigenvalue weighted by Gasteiger charge is 2.31.